The Morgan fingerprint density at radius 3 is 2.40 bits per heavy atom. The highest BCUT2D eigenvalue weighted by Crippen LogP contribution is 2.38. The second-order valence-corrected chi connectivity index (χ2v) is 8.37. The van der Waals surface area contributed by atoms with E-state index in [0.717, 1.165) is 17.7 Å². The topological polar surface area (TPSA) is 29.5 Å². The van der Waals surface area contributed by atoms with Crippen molar-refractivity contribution in [2.45, 2.75) is 38.0 Å². The van der Waals surface area contributed by atoms with Crippen LogP contribution in [0.1, 0.15) is 38.8 Å². The summed E-state index contributed by atoms with van der Waals surface area (Å²) in [5.74, 6) is 0.842. The molecule has 1 aromatic rings. The third-order valence-corrected chi connectivity index (χ3v) is 5.30. The molecule has 20 heavy (non-hydrogen) atoms. The first kappa shape index (κ1) is 15.3. The molecule has 0 amide bonds. The maximum absolute atomic E-state index is 12.7. The first-order valence-corrected chi connectivity index (χ1v) is 7.93. The Morgan fingerprint density at radius 1 is 1.30 bits per heavy atom. The van der Waals surface area contributed by atoms with Crippen LogP contribution in [-0.4, -0.2) is 26.9 Å². The maximum atomic E-state index is 12.7. The summed E-state index contributed by atoms with van der Waals surface area (Å²) in [6.45, 7) is 10.8. The van der Waals surface area contributed by atoms with Crippen LogP contribution in [0.4, 0.5) is 0 Å². The van der Waals surface area contributed by atoms with E-state index >= 15 is 0 Å². The minimum Gasteiger partial charge on any atom is -0.497 e. The minimum atomic E-state index is -1.03. The molecule has 1 aliphatic rings. The van der Waals surface area contributed by atoms with Gasteiger partial charge < -0.3 is 4.74 Å². The van der Waals surface area contributed by atoms with E-state index in [0.29, 0.717) is 6.54 Å². The molecule has 0 saturated carbocycles. The smallest absolute Gasteiger partial charge is 0.118 e. The van der Waals surface area contributed by atoms with E-state index in [-0.39, 0.29) is 10.8 Å². The van der Waals surface area contributed by atoms with Crippen LogP contribution in [0.15, 0.2) is 36.4 Å². The number of benzene rings is 1. The van der Waals surface area contributed by atoms with Gasteiger partial charge in [0.05, 0.1) is 17.9 Å². The predicted molar refractivity (Wildman–Crippen MR) is 84.1 cm³/mol. The molecule has 3 nitrogen and oxygen atoms in total. The van der Waals surface area contributed by atoms with Gasteiger partial charge in [-0.1, -0.05) is 24.3 Å². The highest BCUT2D eigenvalue weighted by molar-refractivity contribution is 7.84. The predicted octanol–water partition coefficient (Wildman–Crippen LogP) is 3.46. The Kier molecular flexibility index (Phi) is 4.35. The quantitative estimate of drug-likeness (QED) is 0.799. The van der Waals surface area contributed by atoms with E-state index in [1.54, 1.807) is 7.11 Å². The second-order valence-electron chi connectivity index (χ2n) is 6.18. The molecule has 4 heteroatoms. The molecule has 0 radical (unpaired) electrons. The van der Waals surface area contributed by atoms with Crippen molar-refractivity contribution < 1.29 is 8.95 Å². The highest BCUT2D eigenvalue weighted by atomic mass is 32.2. The average Bonchev–Trinajstić information content (AvgIpc) is 2.79. The van der Waals surface area contributed by atoms with Gasteiger partial charge in [-0.05, 0) is 44.9 Å². The summed E-state index contributed by atoms with van der Waals surface area (Å²) >= 11 is 0. The van der Waals surface area contributed by atoms with Crippen LogP contribution in [0, 0.1) is 0 Å². The Morgan fingerprint density at radius 2 is 1.90 bits per heavy atom. The van der Waals surface area contributed by atoms with E-state index in [9.17, 15) is 4.21 Å². The monoisotopic (exact) mass is 293 g/mol. The van der Waals surface area contributed by atoms with Gasteiger partial charge in [0, 0.05) is 6.54 Å². The first-order valence-electron chi connectivity index (χ1n) is 6.82. The molecule has 0 N–H and O–H groups in total. The number of methoxy groups -OCH3 is 1. The lowest BCUT2D eigenvalue weighted by molar-refractivity contribution is 0.408. The normalized spacial score (nSPS) is 22.0. The lowest BCUT2D eigenvalue weighted by Crippen LogP contribution is -2.37. The van der Waals surface area contributed by atoms with E-state index in [2.05, 4.69) is 23.0 Å². The van der Waals surface area contributed by atoms with Crippen LogP contribution in [0.25, 0.3) is 0 Å². The molecule has 110 valence electrons. The summed E-state index contributed by atoms with van der Waals surface area (Å²) in [6, 6.07) is 8.15. The first-order chi connectivity index (χ1) is 9.32. The van der Waals surface area contributed by atoms with Gasteiger partial charge in [-0.15, -0.1) is 0 Å². The molecule has 1 fully saturated rings. The molecule has 2 rings (SSSR count). The fourth-order valence-electron chi connectivity index (χ4n) is 2.41. The SMILES string of the molecule is C=C1C[C@H](c2ccc(OC)cc2)N(S(=O)C(C)(C)C)C1. The Hall–Kier alpha value is -1.13. The van der Waals surface area contributed by atoms with Crippen LogP contribution in [-0.2, 0) is 11.0 Å². The number of hydrogen-bond acceptors (Lipinski definition) is 2. The third kappa shape index (κ3) is 3.13. The number of hydrogen-bond donors (Lipinski definition) is 0. The van der Waals surface area contributed by atoms with Crippen molar-refractivity contribution in [3.63, 3.8) is 0 Å². The number of nitrogens with zero attached hydrogens (tertiary/aromatic N) is 1. The third-order valence-electron chi connectivity index (χ3n) is 3.45. The molecular formula is C16H23NO2S. The standard InChI is InChI=1S/C16H23NO2S/c1-12-10-15(13-6-8-14(19-5)9-7-13)17(11-12)20(18)16(2,3)4/h6-9,15H,1,10-11H2,2-5H3/t15-,20?/m1/s1. The molecule has 0 bridgehead atoms. The summed E-state index contributed by atoms with van der Waals surface area (Å²) in [4.78, 5) is 0. The molecule has 1 heterocycles. The molecule has 0 aromatic heterocycles. The van der Waals surface area contributed by atoms with Crippen molar-refractivity contribution in [2.75, 3.05) is 13.7 Å². The molecule has 0 spiro atoms. The Labute approximate surface area is 124 Å². The van der Waals surface area contributed by atoms with Crippen LogP contribution < -0.4 is 4.74 Å². The maximum Gasteiger partial charge on any atom is 0.118 e. The molecular weight excluding hydrogens is 270 g/mol. The molecule has 2 atom stereocenters. The zero-order chi connectivity index (χ0) is 14.9. The lowest BCUT2D eigenvalue weighted by Gasteiger charge is -2.30. The van der Waals surface area contributed by atoms with Gasteiger partial charge in [0.15, 0.2) is 0 Å². The lowest BCUT2D eigenvalue weighted by atomic mass is 10.0. The molecule has 1 unspecified atom stereocenters. The largest absolute Gasteiger partial charge is 0.497 e. The zero-order valence-electron chi connectivity index (χ0n) is 12.7. The van der Waals surface area contributed by atoms with Crippen LogP contribution in [0.5, 0.6) is 5.75 Å². The van der Waals surface area contributed by atoms with Crippen molar-refractivity contribution in [1.82, 2.24) is 4.31 Å². The van der Waals surface area contributed by atoms with Crippen LogP contribution in [0.2, 0.25) is 0 Å². The van der Waals surface area contributed by atoms with Gasteiger partial charge in [0.1, 0.15) is 16.7 Å². The van der Waals surface area contributed by atoms with Crippen molar-refractivity contribution in [3.8, 4) is 5.75 Å². The minimum absolute atomic E-state index is 0.147. The van der Waals surface area contributed by atoms with Crippen LogP contribution >= 0.6 is 0 Å². The summed E-state index contributed by atoms with van der Waals surface area (Å²) in [6.07, 6.45) is 0.869. The van der Waals surface area contributed by atoms with E-state index in [1.807, 2.05) is 32.9 Å². The Bertz CT molecular complexity index is 516. The summed E-state index contributed by atoms with van der Waals surface area (Å²) < 4.78 is 19.7. The molecule has 1 aromatic carbocycles. The van der Waals surface area contributed by atoms with E-state index in [4.69, 9.17) is 4.74 Å². The molecule has 1 aliphatic heterocycles. The Balaban J connectivity index is 2.28. The van der Waals surface area contributed by atoms with Crippen molar-refractivity contribution in [2.24, 2.45) is 0 Å². The van der Waals surface area contributed by atoms with Crippen molar-refractivity contribution >= 4 is 11.0 Å². The van der Waals surface area contributed by atoms with Gasteiger partial charge in [0.2, 0.25) is 0 Å². The second kappa shape index (κ2) is 5.70. The number of rotatable bonds is 3. The molecule has 0 aliphatic carbocycles. The van der Waals surface area contributed by atoms with Gasteiger partial charge >= 0.3 is 0 Å². The summed E-state index contributed by atoms with van der Waals surface area (Å²) in [5, 5.41) is 0. The average molecular weight is 293 g/mol. The van der Waals surface area contributed by atoms with Gasteiger partial charge in [-0.2, -0.15) is 0 Å². The number of ether oxygens (including phenoxy) is 1. The fraction of sp³-hybridized carbons (Fsp3) is 0.500. The van der Waals surface area contributed by atoms with Gasteiger partial charge in [0.25, 0.3) is 0 Å². The van der Waals surface area contributed by atoms with Crippen molar-refractivity contribution in [3.05, 3.63) is 42.0 Å². The summed E-state index contributed by atoms with van der Waals surface area (Å²) in [5.41, 5.74) is 2.31. The van der Waals surface area contributed by atoms with E-state index in [1.165, 1.54) is 5.56 Å². The van der Waals surface area contributed by atoms with Crippen LogP contribution in [0.3, 0.4) is 0 Å². The zero-order valence-corrected chi connectivity index (χ0v) is 13.5. The van der Waals surface area contributed by atoms with E-state index < -0.39 is 11.0 Å². The van der Waals surface area contributed by atoms with Crippen molar-refractivity contribution in [1.29, 1.82) is 0 Å². The van der Waals surface area contributed by atoms with Gasteiger partial charge in [-0.3, -0.25) is 0 Å². The summed E-state index contributed by atoms with van der Waals surface area (Å²) in [7, 11) is 0.630. The highest BCUT2D eigenvalue weighted by Gasteiger charge is 2.36. The molecule has 1 saturated heterocycles. The fourth-order valence-corrected chi connectivity index (χ4v) is 3.84. The van der Waals surface area contributed by atoms with Gasteiger partial charge in [-0.25, -0.2) is 8.51 Å².